The van der Waals surface area contributed by atoms with Crippen LogP contribution in [0.5, 0.6) is 5.75 Å². The lowest BCUT2D eigenvalue weighted by Gasteiger charge is -2.32. The van der Waals surface area contributed by atoms with Gasteiger partial charge in [0.15, 0.2) is 17.4 Å². The Hall–Kier alpha value is -4.76. The van der Waals surface area contributed by atoms with E-state index in [0.29, 0.717) is 62.4 Å². The topological polar surface area (TPSA) is 128 Å². The van der Waals surface area contributed by atoms with Crippen molar-refractivity contribution < 1.29 is 27.9 Å². The van der Waals surface area contributed by atoms with Crippen molar-refractivity contribution in [2.24, 2.45) is 5.92 Å². The maximum atomic E-state index is 14.4. The summed E-state index contributed by atoms with van der Waals surface area (Å²) in [5.74, 6) is -0.530. The molecule has 0 aliphatic carbocycles. The van der Waals surface area contributed by atoms with E-state index in [4.69, 9.17) is 11.2 Å². The Morgan fingerprint density at radius 2 is 1.89 bits per heavy atom. The second kappa shape index (κ2) is 15.8. The molecule has 1 saturated heterocycles. The Bertz CT molecular complexity index is 1560. The molecule has 238 valence electrons. The van der Waals surface area contributed by atoms with E-state index in [0.717, 1.165) is 18.5 Å². The van der Waals surface area contributed by atoms with Crippen LogP contribution in [0.15, 0.2) is 36.5 Å². The number of hydrogen-bond acceptors (Lipinski definition) is 6. The van der Waals surface area contributed by atoms with Crippen LogP contribution < -0.4 is 20.7 Å². The standard InChI is InChI=1S/C33H38F2N6O4/c1-4-13-36-14-6-15-37-31(42)22-11-16-41(17-12-22)33(44)26-9-8-24(18-21(26)5-2)40-32(43)30-38-20-25(39-30)19-23-7-10-27(45-3)29(35)28(23)34/h1,7-10,18,20,22,36H,5-6,11-17,19H2,2-3H3,(H,37,42)(H,38,39)(H,40,43). The van der Waals surface area contributed by atoms with E-state index in [-0.39, 0.29) is 41.3 Å². The van der Waals surface area contributed by atoms with Crippen molar-refractivity contribution in [1.29, 1.82) is 0 Å². The van der Waals surface area contributed by atoms with Gasteiger partial charge in [-0.25, -0.2) is 9.37 Å². The number of benzene rings is 2. The van der Waals surface area contributed by atoms with Gasteiger partial charge in [-0.15, -0.1) is 6.42 Å². The van der Waals surface area contributed by atoms with Gasteiger partial charge < -0.3 is 30.6 Å². The number of aromatic amines is 1. The second-order valence-electron chi connectivity index (χ2n) is 10.8. The van der Waals surface area contributed by atoms with Crippen molar-refractivity contribution in [2.45, 2.75) is 39.0 Å². The quantitative estimate of drug-likeness (QED) is 0.171. The number of H-pyrrole nitrogens is 1. The van der Waals surface area contributed by atoms with Crippen LogP contribution in [-0.2, 0) is 17.6 Å². The first-order chi connectivity index (χ1) is 21.7. The Balaban J connectivity index is 1.31. The fraction of sp³-hybridized carbons (Fsp3) is 0.394. The van der Waals surface area contributed by atoms with E-state index in [1.54, 1.807) is 23.1 Å². The minimum Gasteiger partial charge on any atom is -0.494 e. The zero-order valence-corrected chi connectivity index (χ0v) is 25.5. The molecule has 0 spiro atoms. The summed E-state index contributed by atoms with van der Waals surface area (Å²) in [5.41, 5.74) is 2.32. The summed E-state index contributed by atoms with van der Waals surface area (Å²) in [6, 6.07) is 7.85. The third-order valence-corrected chi connectivity index (χ3v) is 7.76. The number of amides is 3. The number of carbonyl (C=O) groups excluding carboxylic acids is 3. The monoisotopic (exact) mass is 620 g/mol. The summed E-state index contributed by atoms with van der Waals surface area (Å²) in [6.45, 7) is 4.71. The van der Waals surface area contributed by atoms with Crippen LogP contribution in [0.2, 0.25) is 0 Å². The van der Waals surface area contributed by atoms with Crippen LogP contribution in [0.1, 0.15) is 64.0 Å². The van der Waals surface area contributed by atoms with Crippen LogP contribution in [0, 0.1) is 29.9 Å². The third-order valence-electron chi connectivity index (χ3n) is 7.76. The fourth-order valence-electron chi connectivity index (χ4n) is 5.24. The van der Waals surface area contributed by atoms with E-state index in [1.165, 1.54) is 25.4 Å². The van der Waals surface area contributed by atoms with Gasteiger partial charge in [-0.3, -0.25) is 14.4 Å². The first-order valence-corrected chi connectivity index (χ1v) is 15.0. The maximum Gasteiger partial charge on any atom is 0.291 e. The molecule has 1 fully saturated rings. The Morgan fingerprint density at radius 1 is 1.11 bits per heavy atom. The minimum absolute atomic E-state index is 0.00281. The molecule has 0 bridgehead atoms. The molecule has 0 unspecified atom stereocenters. The maximum absolute atomic E-state index is 14.4. The summed E-state index contributed by atoms with van der Waals surface area (Å²) in [5, 5.41) is 8.83. The molecule has 1 aliphatic heterocycles. The number of nitrogens with zero attached hydrogens (tertiary/aromatic N) is 2. The van der Waals surface area contributed by atoms with Gasteiger partial charge in [0, 0.05) is 55.1 Å². The van der Waals surface area contributed by atoms with E-state index < -0.39 is 17.5 Å². The van der Waals surface area contributed by atoms with Gasteiger partial charge in [0.25, 0.3) is 11.8 Å². The number of halogens is 2. The van der Waals surface area contributed by atoms with Crippen LogP contribution in [0.3, 0.4) is 0 Å². The number of imidazole rings is 1. The fourth-order valence-corrected chi connectivity index (χ4v) is 5.24. The molecular weight excluding hydrogens is 582 g/mol. The lowest BCUT2D eigenvalue weighted by atomic mass is 9.94. The zero-order chi connectivity index (χ0) is 32.3. The van der Waals surface area contributed by atoms with Gasteiger partial charge in [0.1, 0.15) is 0 Å². The molecule has 3 aromatic rings. The van der Waals surface area contributed by atoms with E-state index in [2.05, 4.69) is 31.8 Å². The van der Waals surface area contributed by atoms with Crippen LogP contribution >= 0.6 is 0 Å². The van der Waals surface area contributed by atoms with Crippen molar-refractivity contribution in [2.75, 3.05) is 45.2 Å². The van der Waals surface area contributed by atoms with Gasteiger partial charge in [0.05, 0.1) is 13.7 Å². The molecule has 3 amide bonds. The number of likely N-dealkylation sites (tertiary alicyclic amines) is 1. The van der Waals surface area contributed by atoms with E-state index in [9.17, 15) is 23.2 Å². The van der Waals surface area contributed by atoms with Crippen molar-refractivity contribution in [3.63, 3.8) is 0 Å². The number of methoxy groups -OCH3 is 1. The normalized spacial score (nSPS) is 13.3. The molecule has 4 rings (SSSR count). The molecule has 2 heterocycles. The average molecular weight is 621 g/mol. The number of nitrogens with one attached hydrogen (secondary N) is 4. The highest BCUT2D eigenvalue weighted by molar-refractivity contribution is 6.02. The number of hydrogen-bond donors (Lipinski definition) is 4. The molecule has 10 nitrogen and oxygen atoms in total. The van der Waals surface area contributed by atoms with Crippen LogP contribution in [0.25, 0.3) is 0 Å². The van der Waals surface area contributed by atoms with Crippen LogP contribution in [0.4, 0.5) is 14.5 Å². The Labute approximate surface area is 261 Å². The number of anilines is 1. The van der Waals surface area contributed by atoms with Gasteiger partial charge in [-0.05, 0) is 67.6 Å². The Morgan fingerprint density at radius 3 is 2.60 bits per heavy atom. The summed E-state index contributed by atoms with van der Waals surface area (Å²) < 4.78 is 33.2. The number of aromatic nitrogens is 2. The predicted molar refractivity (Wildman–Crippen MR) is 166 cm³/mol. The predicted octanol–water partition coefficient (Wildman–Crippen LogP) is 3.68. The van der Waals surface area contributed by atoms with Crippen molar-refractivity contribution in [1.82, 2.24) is 25.5 Å². The highest BCUT2D eigenvalue weighted by Gasteiger charge is 2.28. The smallest absolute Gasteiger partial charge is 0.291 e. The van der Waals surface area contributed by atoms with Gasteiger partial charge >= 0.3 is 0 Å². The lowest BCUT2D eigenvalue weighted by molar-refractivity contribution is -0.126. The van der Waals surface area contributed by atoms with Gasteiger partial charge in [-0.1, -0.05) is 18.9 Å². The molecule has 0 radical (unpaired) electrons. The second-order valence-corrected chi connectivity index (χ2v) is 10.8. The summed E-state index contributed by atoms with van der Waals surface area (Å²) in [4.78, 5) is 47.5. The average Bonchev–Trinajstić information content (AvgIpc) is 3.53. The number of piperidine rings is 1. The first kappa shape index (κ1) is 33.1. The molecule has 0 atom stereocenters. The molecule has 12 heteroatoms. The van der Waals surface area contributed by atoms with E-state index >= 15 is 0 Å². The number of aryl methyl sites for hydroxylation is 1. The van der Waals surface area contributed by atoms with Crippen molar-refractivity contribution in [3.05, 3.63) is 76.4 Å². The van der Waals surface area contributed by atoms with Gasteiger partial charge in [-0.2, -0.15) is 4.39 Å². The summed E-state index contributed by atoms with van der Waals surface area (Å²) in [7, 11) is 1.25. The molecule has 1 aromatic heterocycles. The molecule has 4 N–H and O–H groups in total. The highest BCUT2D eigenvalue weighted by Crippen LogP contribution is 2.25. The minimum atomic E-state index is -1.08. The van der Waals surface area contributed by atoms with Crippen molar-refractivity contribution in [3.8, 4) is 18.1 Å². The summed E-state index contributed by atoms with van der Waals surface area (Å²) in [6.07, 6.45) is 9.13. The lowest BCUT2D eigenvalue weighted by Crippen LogP contribution is -2.43. The number of carbonyl (C=O) groups is 3. The highest BCUT2D eigenvalue weighted by atomic mass is 19.2. The first-order valence-electron chi connectivity index (χ1n) is 15.0. The largest absolute Gasteiger partial charge is 0.494 e. The number of terminal acetylenes is 1. The molecule has 45 heavy (non-hydrogen) atoms. The molecule has 1 aliphatic rings. The number of rotatable bonds is 13. The molecule has 0 saturated carbocycles. The zero-order valence-electron chi connectivity index (χ0n) is 25.5. The summed E-state index contributed by atoms with van der Waals surface area (Å²) >= 11 is 0. The van der Waals surface area contributed by atoms with E-state index in [1.807, 2.05) is 6.92 Å². The molecular formula is C33H38F2N6O4. The molecule has 2 aromatic carbocycles. The van der Waals surface area contributed by atoms with Crippen molar-refractivity contribution >= 4 is 23.4 Å². The van der Waals surface area contributed by atoms with Crippen LogP contribution in [-0.4, -0.2) is 72.4 Å². The van der Waals surface area contributed by atoms with Gasteiger partial charge in [0.2, 0.25) is 11.7 Å². The Kier molecular flexibility index (Phi) is 11.6. The SMILES string of the molecule is C#CCNCCCNC(=O)C1CCN(C(=O)c2ccc(NC(=O)c3ncc(Cc4ccc(OC)c(F)c4F)[nH]3)cc2CC)CC1. The third kappa shape index (κ3) is 8.45. The number of ether oxygens (including phenoxy) is 1.